The van der Waals surface area contributed by atoms with Crippen molar-refractivity contribution in [2.24, 2.45) is 5.92 Å². The van der Waals surface area contributed by atoms with Crippen molar-refractivity contribution < 1.29 is 23.8 Å². The molecule has 3 heterocycles. The van der Waals surface area contributed by atoms with Gasteiger partial charge in [-0.05, 0) is 41.3 Å². The summed E-state index contributed by atoms with van der Waals surface area (Å²) in [6.45, 7) is 6.83. The Morgan fingerprint density at radius 2 is 1.81 bits per heavy atom. The Balaban J connectivity index is 1.83. The fourth-order valence-corrected chi connectivity index (χ4v) is 5.43. The third kappa shape index (κ3) is 3.59. The standard InChI is InChI=1S/C28H31N3O5/c1-15(2)12-30-13-18-24(17-10-22(34-4)27(36-6)23(11-17)35-5)26-20(14-31(16(3)32)28(26)33)29-19-8-7-9-21(30)25(18)19/h7-11,13,15,24,29H,12,14H2,1-6H3/t24-/m0/s1. The zero-order valence-electron chi connectivity index (χ0n) is 21.5. The Labute approximate surface area is 210 Å². The van der Waals surface area contributed by atoms with Crippen molar-refractivity contribution in [3.63, 3.8) is 0 Å². The first-order valence-electron chi connectivity index (χ1n) is 12.0. The maximum atomic E-state index is 13.7. The second-order valence-electron chi connectivity index (χ2n) is 9.65. The van der Waals surface area contributed by atoms with Gasteiger partial charge in [0.1, 0.15) is 0 Å². The molecule has 0 spiro atoms. The van der Waals surface area contributed by atoms with Crippen molar-refractivity contribution in [1.29, 1.82) is 0 Å². The number of methoxy groups -OCH3 is 3. The van der Waals surface area contributed by atoms with Crippen LogP contribution in [0, 0.1) is 5.92 Å². The van der Waals surface area contributed by atoms with Crippen molar-refractivity contribution in [2.75, 3.05) is 33.2 Å². The molecule has 0 fully saturated rings. The monoisotopic (exact) mass is 489 g/mol. The number of hydrogen-bond acceptors (Lipinski definition) is 6. The number of benzene rings is 2. The van der Waals surface area contributed by atoms with Crippen LogP contribution in [0.5, 0.6) is 17.2 Å². The van der Waals surface area contributed by atoms with E-state index in [2.05, 4.69) is 36.0 Å². The minimum Gasteiger partial charge on any atom is -0.493 e. The van der Waals surface area contributed by atoms with E-state index in [4.69, 9.17) is 14.2 Å². The number of amides is 2. The molecule has 8 heteroatoms. The van der Waals surface area contributed by atoms with E-state index in [1.54, 1.807) is 21.3 Å². The summed E-state index contributed by atoms with van der Waals surface area (Å²) in [6.07, 6.45) is 2.14. The lowest BCUT2D eigenvalue weighted by atomic mass is 9.84. The number of anilines is 1. The van der Waals surface area contributed by atoms with Gasteiger partial charge in [0.2, 0.25) is 11.7 Å². The number of imide groups is 1. The molecule has 5 rings (SSSR count). The lowest BCUT2D eigenvalue weighted by Crippen LogP contribution is -2.33. The van der Waals surface area contributed by atoms with Crippen molar-refractivity contribution >= 4 is 28.4 Å². The number of rotatable bonds is 6. The van der Waals surface area contributed by atoms with E-state index < -0.39 is 5.92 Å². The first-order chi connectivity index (χ1) is 17.3. The molecule has 2 aliphatic rings. The second-order valence-corrected chi connectivity index (χ2v) is 9.65. The molecule has 188 valence electrons. The highest BCUT2D eigenvalue weighted by molar-refractivity contribution is 6.11. The van der Waals surface area contributed by atoms with Crippen molar-refractivity contribution in [3.8, 4) is 17.2 Å². The Hall–Kier alpha value is -3.94. The van der Waals surface area contributed by atoms with Crippen LogP contribution in [-0.4, -0.2) is 49.2 Å². The molecular formula is C28H31N3O5. The van der Waals surface area contributed by atoms with Crippen LogP contribution in [0.2, 0.25) is 0 Å². The Morgan fingerprint density at radius 3 is 2.39 bits per heavy atom. The summed E-state index contributed by atoms with van der Waals surface area (Å²) in [7, 11) is 4.71. The topological polar surface area (TPSA) is 82.0 Å². The van der Waals surface area contributed by atoms with Crippen LogP contribution in [0.3, 0.4) is 0 Å². The zero-order chi connectivity index (χ0) is 25.7. The highest BCUT2D eigenvalue weighted by Gasteiger charge is 2.42. The maximum Gasteiger partial charge on any atom is 0.259 e. The highest BCUT2D eigenvalue weighted by atomic mass is 16.5. The number of nitrogens with zero attached hydrogens (tertiary/aromatic N) is 2. The summed E-state index contributed by atoms with van der Waals surface area (Å²) in [6, 6.07) is 9.93. The normalized spacial score (nSPS) is 16.8. The molecule has 8 nitrogen and oxygen atoms in total. The third-order valence-corrected chi connectivity index (χ3v) is 6.90. The van der Waals surface area contributed by atoms with Crippen LogP contribution in [-0.2, 0) is 16.1 Å². The quantitative estimate of drug-likeness (QED) is 0.548. The van der Waals surface area contributed by atoms with E-state index in [9.17, 15) is 9.59 Å². The fraction of sp³-hybridized carbons (Fsp3) is 0.357. The number of aromatic nitrogens is 1. The highest BCUT2D eigenvalue weighted by Crippen LogP contribution is 2.49. The average Bonchev–Trinajstić information content (AvgIpc) is 3.32. The van der Waals surface area contributed by atoms with Crippen molar-refractivity contribution in [1.82, 2.24) is 9.47 Å². The molecule has 1 N–H and O–H groups in total. The first-order valence-corrected chi connectivity index (χ1v) is 12.0. The Morgan fingerprint density at radius 1 is 1.11 bits per heavy atom. The predicted molar refractivity (Wildman–Crippen MR) is 138 cm³/mol. The molecule has 0 radical (unpaired) electrons. The van der Waals surface area contributed by atoms with Crippen LogP contribution in [0.25, 0.3) is 10.9 Å². The summed E-state index contributed by atoms with van der Waals surface area (Å²) >= 11 is 0. The molecule has 2 aliphatic heterocycles. The molecule has 2 aromatic carbocycles. The van der Waals surface area contributed by atoms with E-state index in [1.807, 2.05) is 24.3 Å². The largest absolute Gasteiger partial charge is 0.493 e. The van der Waals surface area contributed by atoms with Gasteiger partial charge in [0.05, 0.1) is 39.0 Å². The van der Waals surface area contributed by atoms with Crippen LogP contribution < -0.4 is 19.5 Å². The summed E-state index contributed by atoms with van der Waals surface area (Å²) in [5.74, 6) is 0.908. The fourth-order valence-electron chi connectivity index (χ4n) is 5.43. The van der Waals surface area contributed by atoms with Gasteiger partial charge in [-0.1, -0.05) is 19.9 Å². The number of ether oxygens (including phenoxy) is 3. The Bertz CT molecular complexity index is 1390. The van der Waals surface area contributed by atoms with E-state index in [1.165, 1.54) is 11.8 Å². The summed E-state index contributed by atoms with van der Waals surface area (Å²) in [5.41, 5.74) is 5.11. The third-order valence-electron chi connectivity index (χ3n) is 6.90. The van der Waals surface area contributed by atoms with Gasteiger partial charge in [0.25, 0.3) is 5.91 Å². The van der Waals surface area contributed by atoms with Gasteiger partial charge in [-0.25, -0.2) is 0 Å². The number of carbonyl (C=O) groups excluding carboxylic acids is 2. The van der Waals surface area contributed by atoms with E-state index in [0.29, 0.717) is 28.7 Å². The van der Waals surface area contributed by atoms with Crippen LogP contribution >= 0.6 is 0 Å². The maximum absolute atomic E-state index is 13.7. The molecule has 0 unspecified atom stereocenters. The number of nitrogens with one attached hydrogen (secondary N) is 1. The van der Waals surface area contributed by atoms with Gasteiger partial charge in [-0.3, -0.25) is 14.5 Å². The van der Waals surface area contributed by atoms with E-state index >= 15 is 0 Å². The molecule has 0 saturated heterocycles. The van der Waals surface area contributed by atoms with Crippen molar-refractivity contribution in [3.05, 3.63) is 58.9 Å². The lowest BCUT2D eigenvalue weighted by molar-refractivity contribution is -0.139. The number of hydrogen-bond donors (Lipinski definition) is 1. The van der Waals surface area contributed by atoms with Gasteiger partial charge in [0.15, 0.2) is 11.5 Å². The summed E-state index contributed by atoms with van der Waals surface area (Å²) < 4.78 is 19.1. The van der Waals surface area contributed by atoms with Gasteiger partial charge < -0.3 is 24.1 Å². The molecule has 2 amide bonds. The van der Waals surface area contributed by atoms with Crippen LogP contribution in [0.4, 0.5) is 5.69 Å². The molecule has 0 saturated carbocycles. The molecular weight excluding hydrogens is 458 g/mol. The number of carbonyl (C=O) groups is 2. The van der Waals surface area contributed by atoms with Crippen molar-refractivity contribution in [2.45, 2.75) is 33.2 Å². The molecule has 1 atom stereocenters. The van der Waals surface area contributed by atoms with Crippen LogP contribution in [0.15, 0.2) is 47.8 Å². The first kappa shape index (κ1) is 23.8. The van der Waals surface area contributed by atoms with Gasteiger partial charge in [0, 0.05) is 42.4 Å². The predicted octanol–water partition coefficient (Wildman–Crippen LogP) is 4.52. The zero-order valence-corrected chi connectivity index (χ0v) is 21.5. The second kappa shape index (κ2) is 8.93. The smallest absolute Gasteiger partial charge is 0.259 e. The van der Waals surface area contributed by atoms with E-state index in [0.717, 1.165) is 40.0 Å². The van der Waals surface area contributed by atoms with Gasteiger partial charge >= 0.3 is 0 Å². The van der Waals surface area contributed by atoms with Crippen LogP contribution in [0.1, 0.15) is 37.8 Å². The molecule has 3 aromatic rings. The van der Waals surface area contributed by atoms with E-state index in [-0.39, 0.29) is 18.4 Å². The van der Waals surface area contributed by atoms with Gasteiger partial charge in [-0.15, -0.1) is 0 Å². The molecule has 1 aromatic heterocycles. The SMILES string of the molecule is COc1cc([C@@H]2C3=C(CN(C(C)=O)C3=O)Nc3cccc4c3c2cn4CC(C)C)cc(OC)c1OC. The minimum absolute atomic E-state index is 0.205. The summed E-state index contributed by atoms with van der Waals surface area (Å²) in [4.78, 5) is 27.4. The summed E-state index contributed by atoms with van der Waals surface area (Å²) in [5, 5.41) is 4.57. The minimum atomic E-state index is -0.447. The molecule has 0 bridgehead atoms. The molecule has 36 heavy (non-hydrogen) atoms. The Kier molecular flexibility index (Phi) is 5.90. The lowest BCUT2D eigenvalue weighted by Gasteiger charge is -2.22. The van der Waals surface area contributed by atoms with Gasteiger partial charge in [-0.2, -0.15) is 0 Å². The average molecular weight is 490 g/mol. The molecule has 0 aliphatic carbocycles.